The number of anilines is 1. The number of primary amides is 1. The predicted molar refractivity (Wildman–Crippen MR) is 54.3 cm³/mol. The second kappa shape index (κ2) is 4.41. The van der Waals surface area contributed by atoms with Crippen LogP contribution in [0.25, 0.3) is 0 Å². The van der Waals surface area contributed by atoms with Crippen LogP contribution in [0.15, 0.2) is 24.3 Å². The maximum absolute atomic E-state index is 10.7. The number of nitrogens with two attached hydrogens (primary N) is 1. The molecule has 14 heavy (non-hydrogen) atoms. The number of hydrogen-bond acceptors (Lipinski definition) is 3. The number of amides is 1. The first-order chi connectivity index (χ1) is 6.65. The highest BCUT2D eigenvalue weighted by Crippen LogP contribution is 2.16. The second-order valence-corrected chi connectivity index (χ2v) is 3.00. The fourth-order valence-corrected chi connectivity index (χ4v) is 1.25. The van der Waals surface area contributed by atoms with Gasteiger partial charge in [-0.15, -0.1) is 0 Å². The average molecular weight is 192 g/mol. The van der Waals surface area contributed by atoms with E-state index < -0.39 is 5.91 Å². The Morgan fingerprint density at radius 3 is 2.71 bits per heavy atom. The van der Waals surface area contributed by atoms with Gasteiger partial charge in [0.05, 0.1) is 6.54 Å². The maximum atomic E-state index is 10.7. The van der Waals surface area contributed by atoms with E-state index in [1.807, 2.05) is 0 Å². The van der Waals surface area contributed by atoms with Gasteiger partial charge in [0, 0.05) is 18.3 Å². The highest BCUT2D eigenvalue weighted by molar-refractivity contribution is 5.87. The third-order valence-corrected chi connectivity index (χ3v) is 1.87. The molecule has 0 bridgehead atoms. The molecule has 1 rings (SSSR count). The number of hydrogen-bond donors (Lipinski definition) is 1. The molecule has 0 atom stereocenters. The van der Waals surface area contributed by atoms with E-state index >= 15 is 0 Å². The van der Waals surface area contributed by atoms with Gasteiger partial charge in [-0.2, -0.15) is 0 Å². The van der Waals surface area contributed by atoms with Crippen LogP contribution >= 0.6 is 0 Å². The molecule has 0 saturated carbocycles. The van der Waals surface area contributed by atoms with Crippen molar-refractivity contribution in [1.82, 2.24) is 0 Å². The predicted octanol–water partition coefficient (Wildman–Crippen LogP) is 0.421. The maximum Gasteiger partial charge on any atom is 0.236 e. The van der Waals surface area contributed by atoms with Crippen molar-refractivity contribution in [3.05, 3.63) is 29.8 Å². The summed E-state index contributed by atoms with van der Waals surface area (Å²) in [5.41, 5.74) is 6.31. The highest BCUT2D eigenvalue weighted by Gasteiger charge is 2.07. The average Bonchev–Trinajstić information content (AvgIpc) is 2.16. The van der Waals surface area contributed by atoms with Crippen molar-refractivity contribution < 1.29 is 9.59 Å². The molecule has 0 aliphatic heterocycles. The van der Waals surface area contributed by atoms with Crippen LogP contribution in [0.4, 0.5) is 5.69 Å². The highest BCUT2D eigenvalue weighted by atomic mass is 16.1. The molecule has 0 aliphatic rings. The molecule has 2 N–H and O–H groups in total. The smallest absolute Gasteiger partial charge is 0.236 e. The monoisotopic (exact) mass is 192 g/mol. The topological polar surface area (TPSA) is 63.4 Å². The normalized spacial score (nSPS) is 9.50. The summed E-state index contributed by atoms with van der Waals surface area (Å²) in [6.45, 7) is 0.102. The molecule has 4 heteroatoms. The van der Waals surface area contributed by atoms with E-state index in [1.54, 1.807) is 36.2 Å². The summed E-state index contributed by atoms with van der Waals surface area (Å²) in [7, 11) is 1.72. The number of carbonyl (C=O) groups excluding carboxylic acids is 2. The Balaban J connectivity index is 2.93. The van der Waals surface area contributed by atoms with Gasteiger partial charge in [-0.05, 0) is 12.1 Å². The fraction of sp³-hybridized carbons (Fsp3) is 0.200. The van der Waals surface area contributed by atoms with E-state index in [0.717, 1.165) is 6.29 Å². The summed E-state index contributed by atoms with van der Waals surface area (Å²) in [5, 5.41) is 0. The van der Waals surface area contributed by atoms with Gasteiger partial charge in [0.25, 0.3) is 0 Å². The van der Waals surface area contributed by atoms with Gasteiger partial charge in [0.15, 0.2) is 6.29 Å². The Bertz CT molecular complexity index is 350. The second-order valence-electron chi connectivity index (χ2n) is 3.00. The summed E-state index contributed by atoms with van der Waals surface area (Å²) in [5.74, 6) is -0.423. The Labute approximate surface area is 82.3 Å². The molecular formula is C10H12N2O2. The van der Waals surface area contributed by atoms with E-state index in [9.17, 15) is 9.59 Å². The number of likely N-dealkylation sites (N-methyl/N-ethyl adjacent to an activating group) is 1. The Morgan fingerprint density at radius 2 is 2.14 bits per heavy atom. The lowest BCUT2D eigenvalue weighted by Crippen LogP contribution is -2.31. The fourth-order valence-electron chi connectivity index (χ4n) is 1.25. The zero-order chi connectivity index (χ0) is 10.6. The molecule has 0 spiro atoms. The summed E-state index contributed by atoms with van der Waals surface area (Å²) >= 11 is 0. The van der Waals surface area contributed by atoms with Crippen LogP contribution in [-0.4, -0.2) is 25.8 Å². The largest absolute Gasteiger partial charge is 0.368 e. The third kappa shape index (κ3) is 2.32. The van der Waals surface area contributed by atoms with Gasteiger partial charge in [0.2, 0.25) is 5.91 Å². The van der Waals surface area contributed by atoms with Gasteiger partial charge in [-0.3, -0.25) is 9.59 Å². The van der Waals surface area contributed by atoms with Gasteiger partial charge < -0.3 is 10.6 Å². The Kier molecular flexibility index (Phi) is 3.23. The van der Waals surface area contributed by atoms with Gasteiger partial charge >= 0.3 is 0 Å². The van der Waals surface area contributed by atoms with Crippen molar-refractivity contribution in [2.75, 3.05) is 18.5 Å². The Morgan fingerprint density at radius 1 is 1.50 bits per heavy atom. The first-order valence-electron chi connectivity index (χ1n) is 4.19. The summed E-state index contributed by atoms with van der Waals surface area (Å²) in [6.07, 6.45) is 0.757. The van der Waals surface area contributed by atoms with Crippen molar-refractivity contribution in [2.24, 2.45) is 5.73 Å². The van der Waals surface area contributed by atoms with Crippen LogP contribution in [0.1, 0.15) is 10.4 Å². The minimum atomic E-state index is -0.423. The third-order valence-electron chi connectivity index (χ3n) is 1.87. The first-order valence-corrected chi connectivity index (χ1v) is 4.19. The van der Waals surface area contributed by atoms with Crippen LogP contribution in [-0.2, 0) is 4.79 Å². The molecule has 0 heterocycles. The molecule has 0 unspecified atom stereocenters. The van der Waals surface area contributed by atoms with E-state index in [0.29, 0.717) is 11.3 Å². The van der Waals surface area contributed by atoms with E-state index in [4.69, 9.17) is 5.73 Å². The van der Waals surface area contributed by atoms with Crippen molar-refractivity contribution in [3.63, 3.8) is 0 Å². The molecule has 1 aromatic rings. The van der Waals surface area contributed by atoms with Crippen LogP contribution in [0, 0.1) is 0 Å². The summed E-state index contributed by atoms with van der Waals surface area (Å²) in [4.78, 5) is 23.0. The van der Waals surface area contributed by atoms with E-state index in [2.05, 4.69) is 0 Å². The minimum absolute atomic E-state index is 0.102. The van der Waals surface area contributed by atoms with E-state index in [-0.39, 0.29) is 6.54 Å². The molecule has 0 saturated heterocycles. The minimum Gasteiger partial charge on any atom is -0.368 e. The number of aldehydes is 1. The van der Waals surface area contributed by atoms with E-state index in [1.165, 1.54) is 0 Å². The number of benzene rings is 1. The van der Waals surface area contributed by atoms with Crippen molar-refractivity contribution in [2.45, 2.75) is 0 Å². The molecule has 4 nitrogen and oxygen atoms in total. The lowest BCUT2D eigenvalue weighted by Gasteiger charge is -2.18. The summed E-state index contributed by atoms with van der Waals surface area (Å²) < 4.78 is 0. The number of nitrogens with zero attached hydrogens (tertiary/aromatic N) is 1. The van der Waals surface area contributed by atoms with Crippen LogP contribution in [0.2, 0.25) is 0 Å². The molecule has 0 fully saturated rings. The number of para-hydroxylation sites is 1. The number of rotatable bonds is 4. The summed E-state index contributed by atoms with van der Waals surface area (Å²) in [6, 6.07) is 7.04. The zero-order valence-electron chi connectivity index (χ0n) is 7.93. The lowest BCUT2D eigenvalue weighted by atomic mass is 10.2. The molecule has 1 amide bonds. The quantitative estimate of drug-likeness (QED) is 0.703. The van der Waals surface area contributed by atoms with Gasteiger partial charge in [-0.25, -0.2) is 0 Å². The number of carbonyl (C=O) groups is 2. The van der Waals surface area contributed by atoms with Crippen LogP contribution in [0.3, 0.4) is 0 Å². The first kappa shape index (κ1) is 10.2. The lowest BCUT2D eigenvalue weighted by molar-refractivity contribution is -0.116. The van der Waals surface area contributed by atoms with Gasteiger partial charge in [-0.1, -0.05) is 12.1 Å². The van der Waals surface area contributed by atoms with Crippen LogP contribution in [0.5, 0.6) is 0 Å². The van der Waals surface area contributed by atoms with Crippen molar-refractivity contribution >= 4 is 17.9 Å². The van der Waals surface area contributed by atoms with Gasteiger partial charge in [0.1, 0.15) is 0 Å². The molecule has 0 radical (unpaired) electrons. The molecule has 1 aromatic carbocycles. The van der Waals surface area contributed by atoms with Crippen molar-refractivity contribution in [3.8, 4) is 0 Å². The molecule has 74 valence electrons. The SMILES string of the molecule is CN(CC(N)=O)c1ccccc1C=O. The molecular weight excluding hydrogens is 180 g/mol. The standard InChI is InChI=1S/C10H12N2O2/c1-12(6-10(11)14)9-5-3-2-4-8(9)7-13/h2-5,7H,6H2,1H3,(H2,11,14). The molecule has 0 aliphatic carbocycles. The van der Waals surface area contributed by atoms with Crippen LogP contribution < -0.4 is 10.6 Å². The van der Waals surface area contributed by atoms with Crippen molar-refractivity contribution in [1.29, 1.82) is 0 Å². The zero-order valence-corrected chi connectivity index (χ0v) is 7.93. The molecule has 0 aromatic heterocycles. The Hall–Kier alpha value is -1.84.